The van der Waals surface area contributed by atoms with E-state index < -0.39 is 10.0 Å². The number of benzene rings is 1. The van der Waals surface area contributed by atoms with Gasteiger partial charge < -0.3 is 4.90 Å². The SMILES string of the molecule is CC(C)C1CCCN1C(=O)c1ccc(S(=O)(=O)N(C)C)cc1. The number of sulfonamides is 1. The number of nitrogens with zero attached hydrogens (tertiary/aromatic N) is 2. The number of rotatable bonds is 4. The molecule has 1 unspecified atom stereocenters. The quantitative estimate of drug-likeness (QED) is 0.853. The van der Waals surface area contributed by atoms with Gasteiger partial charge in [0.25, 0.3) is 5.91 Å². The molecule has 0 saturated carbocycles. The first-order valence-electron chi connectivity index (χ1n) is 7.58. The van der Waals surface area contributed by atoms with Crippen molar-refractivity contribution in [3.05, 3.63) is 29.8 Å². The molecule has 0 bridgehead atoms. The third kappa shape index (κ3) is 3.17. The molecular weight excluding hydrogens is 300 g/mol. The maximum absolute atomic E-state index is 12.6. The smallest absolute Gasteiger partial charge is 0.254 e. The van der Waals surface area contributed by atoms with E-state index in [0.29, 0.717) is 11.5 Å². The second-order valence-corrected chi connectivity index (χ2v) is 8.42. The van der Waals surface area contributed by atoms with Crippen LogP contribution in [-0.4, -0.2) is 50.2 Å². The van der Waals surface area contributed by atoms with Crippen LogP contribution in [0.1, 0.15) is 37.0 Å². The number of hydrogen-bond acceptors (Lipinski definition) is 3. The van der Waals surface area contributed by atoms with Gasteiger partial charge in [-0.25, -0.2) is 12.7 Å². The van der Waals surface area contributed by atoms with Crippen molar-refractivity contribution in [1.29, 1.82) is 0 Å². The molecule has 1 atom stereocenters. The van der Waals surface area contributed by atoms with Gasteiger partial charge in [-0.3, -0.25) is 4.79 Å². The van der Waals surface area contributed by atoms with Crippen molar-refractivity contribution in [3.63, 3.8) is 0 Å². The van der Waals surface area contributed by atoms with E-state index in [1.54, 1.807) is 12.1 Å². The number of hydrogen-bond donors (Lipinski definition) is 0. The standard InChI is InChI=1S/C16H24N2O3S/c1-12(2)15-6-5-11-18(15)16(19)13-7-9-14(10-8-13)22(20,21)17(3)4/h7-10,12,15H,5-6,11H2,1-4H3. The van der Waals surface area contributed by atoms with Gasteiger partial charge in [0.1, 0.15) is 0 Å². The van der Waals surface area contributed by atoms with Crippen LogP contribution in [0.3, 0.4) is 0 Å². The van der Waals surface area contributed by atoms with Gasteiger partial charge in [-0.1, -0.05) is 13.8 Å². The lowest BCUT2D eigenvalue weighted by atomic mass is 10.0. The van der Waals surface area contributed by atoms with E-state index in [0.717, 1.165) is 19.4 Å². The predicted molar refractivity (Wildman–Crippen MR) is 86.2 cm³/mol. The van der Waals surface area contributed by atoms with E-state index in [2.05, 4.69) is 13.8 Å². The van der Waals surface area contributed by atoms with Crippen LogP contribution in [0.5, 0.6) is 0 Å². The molecule has 122 valence electrons. The maximum atomic E-state index is 12.6. The van der Waals surface area contributed by atoms with E-state index in [-0.39, 0.29) is 16.8 Å². The monoisotopic (exact) mass is 324 g/mol. The van der Waals surface area contributed by atoms with Crippen LogP contribution in [0.15, 0.2) is 29.2 Å². The van der Waals surface area contributed by atoms with Gasteiger partial charge in [-0.05, 0) is 43.0 Å². The van der Waals surface area contributed by atoms with Crippen LogP contribution in [-0.2, 0) is 10.0 Å². The van der Waals surface area contributed by atoms with Gasteiger partial charge >= 0.3 is 0 Å². The van der Waals surface area contributed by atoms with Gasteiger partial charge in [-0.2, -0.15) is 0 Å². The third-order valence-corrected chi connectivity index (χ3v) is 6.04. The summed E-state index contributed by atoms with van der Waals surface area (Å²) in [5, 5.41) is 0. The first kappa shape index (κ1) is 17.0. The van der Waals surface area contributed by atoms with E-state index in [4.69, 9.17) is 0 Å². The predicted octanol–water partition coefficient (Wildman–Crippen LogP) is 2.20. The lowest BCUT2D eigenvalue weighted by Crippen LogP contribution is -2.38. The van der Waals surface area contributed by atoms with Crippen molar-refractivity contribution in [2.75, 3.05) is 20.6 Å². The van der Waals surface area contributed by atoms with E-state index in [9.17, 15) is 13.2 Å². The summed E-state index contributed by atoms with van der Waals surface area (Å²) in [4.78, 5) is 14.7. The average Bonchev–Trinajstić information content (AvgIpc) is 2.96. The van der Waals surface area contributed by atoms with Gasteiger partial charge in [0.2, 0.25) is 10.0 Å². The first-order chi connectivity index (χ1) is 10.2. The highest BCUT2D eigenvalue weighted by atomic mass is 32.2. The Labute approximate surface area is 133 Å². The zero-order valence-electron chi connectivity index (χ0n) is 13.6. The van der Waals surface area contributed by atoms with Gasteiger partial charge in [-0.15, -0.1) is 0 Å². The van der Waals surface area contributed by atoms with Crippen molar-refractivity contribution in [2.45, 2.75) is 37.6 Å². The highest BCUT2D eigenvalue weighted by molar-refractivity contribution is 7.89. The van der Waals surface area contributed by atoms with Crippen LogP contribution in [0.2, 0.25) is 0 Å². The largest absolute Gasteiger partial charge is 0.335 e. The van der Waals surface area contributed by atoms with E-state index >= 15 is 0 Å². The van der Waals surface area contributed by atoms with E-state index in [1.165, 1.54) is 30.5 Å². The number of amides is 1. The minimum absolute atomic E-state index is 0.00926. The summed E-state index contributed by atoms with van der Waals surface area (Å²) >= 11 is 0. The molecule has 1 aromatic rings. The summed E-state index contributed by atoms with van der Waals surface area (Å²) in [5.74, 6) is 0.421. The zero-order chi connectivity index (χ0) is 16.5. The molecule has 6 heteroatoms. The Hall–Kier alpha value is -1.40. The molecule has 0 aliphatic carbocycles. The molecule has 2 rings (SSSR count). The molecule has 1 aliphatic rings. The Morgan fingerprint density at radius 1 is 1.23 bits per heavy atom. The van der Waals surface area contributed by atoms with Crippen LogP contribution in [0.4, 0.5) is 0 Å². The van der Waals surface area contributed by atoms with Crippen molar-refractivity contribution in [1.82, 2.24) is 9.21 Å². The third-order valence-electron chi connectivity index (χ3n) is 4.21. The minimum Gasteiger partial charge on any atom is -0.335 e. The first-order valence-corrected chi connectivity index (χ1v) is 9.02. The lowest BCUT2D eigenvalue weighted by molar-refractivity contribution is 0.0701. The summed E-state index contributed by atoms with van der Waals surface area (Å²) in [5.41, 5.74) is 0.547. The van der Waals surface area contributed by atoms with Gasteiger partial charge in [0.05, 0.1) is 4.90 Å². The molecule has 5 nitrogen and oxygen atoms in total. The van der Waals surface area contributed by atoms with Crippen LogP contribution in [0, 0.1) is 5.92 Å². The highest BCUT2D eigenvalue weighted by Crippen LogP contribution is 2.26. The van der Waals surface area contributed by atoms with Crippen LogP contribution in [0.25, 0.3) is 0 Å². The summed E-state index contributed by atoms with van der Waals surface area (Å²) in [6.07, 6.45) is 2.07. The number of likely N-dealkylation sites (tertiary alicyclic amines) is 1. The summed E-state index contributed by atoms with van der Waals surface area (Å²) in [6.45, 7) is 5.03. The van der Waals surface area contributed by atoms with Crippen molar-refractivity contribution in [2.24, 2.45) is 5.92 Å². The zero-order valence-corrected chi connectivity index (χ0v) is 14.4. The Morgan fingerprint density at radius 3 is 2.32 bits per heavy atom. The topological polar surface area (TPSA) is 57.7 Å². The Balaban J connectivity index is 2.22. The molecular formula is C16H24N2O3S. The molecule has 0 radical (unpaired) electrons. The molecule has 1 saturated heterocycles. The molecule has 1 aliphatic heterocycles. The Bertz CT molecular complexity index is 636. The van der Waals surface area contributed by atoms with Crippen molar-refractivity contribution < 1.29 is 13.2 Å². The maximum Gasteiger partial charge on any atom is 0.254 e. The normalized spacial score (nSPS) is 19.2. The molecule has 1 heterocycles. The Kier molecular flexibility index (Phi) is 4.92. The second-order valence-electron chi connectivity index (χ2n) is 6.26. The molecule has 1 amide bonds. The fraction of sp³-hybridized carbons (Fsp3) is 0.562. The van der Waals surface area contributed by atoms with Crippen molar-refractivity contribution in [3.8, 4) is 0 Å². The molecule has 1 aromatic carbocycles. The molecule has 0 aromatic heterocycles. The summed E-state index contributed by atoms with van der Waals surface area (Å²) in [7, 11) is -0.470. The lowest BCUT2D eigenvalue weighted by Gasteiger charge is -2.27. The fourth-order valence-corrected chi connectivity index (χ4v) is 3.79. The minimum atomic E-state index is -3.45. The molecule has 0 spiro atoms. The Morgan fingerprint density at radius 2 is 1.82 bits per heavy atom. The number of carbonyl (C=O) groups is 1. The fourth-order valence-electron chi connectivity index (χ4n) is 2.88. The average molecular weight is 324 g/mol. The highest BCUT2D eigenvalue weighted by Gasteiger charge is 2.31. The van der Waals surface area contributed by atoms with Crippen LogP contribution < -0.4 is 0 Å². The van der Waals surface area contributed by atoms with E-state index in [1.807, 2.05) is 4.90 Å². The molecule has 0 N–H and O–H groups in total. The molecule has 1 fully saturated rings. The van der Waals surface area contributed by atoms with Crippen LogP contribution >= 0.6 is 0 Å². The second kappa shape index (κ2) is 6.38. The van der Waals surface area contributed by atoms with Gasteiger partial charge in [0, 0.05) is 32.2 Å². The van der Waals surface area contributed by atoms with Crippen molar-refractivity contribution >= 4 is 15.9 Å². The summed E-state index contributed by atoms with van der Waals surface area (Å²) < 4.78 is 25.2. The van der Waals surface area contributed by atoms with Gasteiger partial charge in [0.15, 0.2) is 0 Å². The molecule has 22 heavy (non-hydrogen) atoms. The number of carbonyl (C=O) groups excluding carboxylic acids is 1. The summed E-state index contributed by atoms with van der Waals surface area (Å²) in [6, 6.07) is 6.49.